The van der Waals surface area contributed by atoms with Crippen LogP contribution in [0.1, 0.15) is 12.0 Å². The van der Waals surface area contributed by atoms with E-state index in [1.54, 1.807) is 0 Å². The number of hydrogen-bond donors (Lipinski definition) is 0. The molecule has 2 aliphatic rings. The number of nitrogens with zero attached hydrogens (tertiary/aromatic N) is 2. The molecule has 0 aliphatic carbocycles. The van der Waals surface area contributed by atoms with Crippen molar-refractivity contribution in [3.8, 4) is 0 Å². The molecule has 1 amide bonds. The van der Waals surface area contributed by atoms with E-state index in [0.717, 1.165) is 32.7 Å². The van der Waals surface area contributed by atoms with Crippen LogP contribution in [-0.4, -0.2) is 72.8 Å². The Labute approximate surface area is 148 Å². The summed E-state index contributed by atoms with van der Waals surface area (Å²) in [7, 11) is -2.86. The molecule has 0 N–H and O–H groups in total. The van der Waals surface area contributed by atoms with Crippen molar-refractivity contribution in [2.45, 2.75) is 18.2 Å². The first-order chi connectivity index (χ1) is 11.5. The second-order valence-corrected chi connectivity index (χ2v) is 10.00. The molecule has 0 spiro atoms. The van der Waals surface area contributed by atoms with Crippen LogP contribution in [0.5, 0.6) is 0 Å². The molecule has 3 rings (SSSR count). The third-order valence-corrected chi connectivity index (χ3v) is 7.87. The van der Waals surface area contributed by atoms with Crippen LogP contribution in [0.2, 0.25) is 0 Å². The average molecular weight is 369 g/mol. The summed E-state index contributed by atoms with van der Waals surface area (Å²) < 4.78 is 22.9. The maximum atomic E-state index is 12.3. The maximum Gasteiger partial charge on any atom is 0.232 e. The van der Waals surface area contributed by atoms with Crippen LogP contribution in [0.3, 0.4) is 0 Å². The van der Waals surface area contributed by atoms with Gasteiger partial charge in [0.2, 0.25) is 5.91 Å². The van der Waals surface area contributed by atoms with Crippen molar-refractivity contribution in [1.82, 2.24) is 9.80 Å². The Kier molecular flexibility index (Phi) is 5.84. The topological polar surface area (TPSA) is 57.7 Å². The highest BCUT2D eigenvalue weighted by Gasteiger charge is 2.29. The predicted molar refractivity (Wildman–Crippen MR) is 97.8 cm³/mol. The summed E-state index contributed by atoms with van der Waals surface area (Å²) >= 11 is 1.51. The van der Waals surface area contributed by atoms with Crippen molar-refractivity contribution in [3.63, 3.8) is 0 Å². The summed E-state index contributed by atoms with van der Waals surface area (Å²) in [5.41, 5.74) is 1.30. The molecule has 2 heterocycles. The van der Waals surface area contributed by atoms with Gasteiger partial charge in [-0.15, -0.1) is 11.8 Å². The highest BCUT2D eigenvalue weighted by atomic mass is 32.2. The molecular formula is C17H24N2O3S2. The molecule has 24 heavy (non-hydrogen) atoms. The number of benzene rings is 1. The number of amides is 1. The molecule has 0 radical (unpaired) electrons. The van der Waals surface area contributed by atoms with Crippen LogP contribution in [0.4, 0.5) is 0 Å². The fraction of sp³-hybridized carbons (Fsp3) is 0.588. The van der Waals surface area contributed by atoms with E-state index in [1.807, 2.05) is 11.0 Å². The van der Waals surface area contributed by atoms with E-state index in [-0.39, 0.29) is 22.7 Å². The number of carbonyl (C=O) groups excluding carboxylic acids is 1. The number of piperazine rings is 1. The summed E-state index contributed by atoms with van der Waals surface area (Å²) in [5, 5.41) is 0.0957. The van der Waals surface area contributed by atoms with Gasteiger partial charge in [0.15, 0.2) is 9.84 Å². The zero-order chi connectivity index (χ0) is 17.0. The lowest BCUT2D eigenvalue weighted by molar-refractivity contribution is -0.130. The summed E-state index contributed by atoms with van der Waals surface area (Å²) in [6.45, 7) is 4.23. The van der Waals surface area contributed by atoms with Gasteiger partial charge < -0.3 is 4.90 Å². The van der Waals surface area contributed by atoms with Gasteiger partial charge in [-0.1, -0.05) is 30.3 Å². The van der Waals surface area contributed by atoms with Crippen LogP contribution in [0.25, 0.3) is 0 Å². The van der Waals surface area contributed by atoms with Crippen LogP contribution >= 0.6 is 11.8 Å². The molecule has 2 aliphatic heterocycles. The minimum absolute atomic E-state index is 0.0957. The standard InChI is InChI=1S/C17H24N2O3S2/c20-17(13-23-16-6-11-24(21,22)14-16)19-9-7-18(8-10-19)12-15-4-2-1-3-5-15/h1-5,16H,6-14H2. The van der Waals surface area contributed by atoms with E-state index in [2.05, 4.69) is 29.2 Å². The lowest BCUT2D eigenvalue weighted by Crippen LogP contribution is -2.48. The smallest absolute Gasteiger partial charge is 0.232 e. The van der Waals surface area contributed by atoms with Gasteiger partial charge in [0.25, 0.3) is 0 Å². The zero-order valence-corrected chi connectivity index (χ0v) is 15.4. The van der Waals surface area contributed by atoms with Crippen molar-refractivity contribution in [3.05, 3.63) is 35.9 Å². The minimum atomic E-state index is -2.86. The summed E-state index contributed by atoms with van der Waals surface area (Å²) in [5.74, 6) is 1.05. The number of carbonyl (C=O) groups is 1. The molecule has 132 valence electrons. The van der Waals surface area contributed by atoms with E-state index in [4.69, 9.17) is 0 Å². The van der Waals surface area contributed by atoms with Crippen LogP contribution in [-0.2, 0) is 21.2 Å². The number of thioether (sulfide) groups is 1. The van der Waals surface area contributed by atoms with E-state index in [0.29, 0.717) is 12.2 Å². The fourth-order valence-electron chi connectivity index (χ4n) is 3.17. The second-order valence-electron chi connectivity index (χ2n) is 6.48. The molecule has 1 atom stereocenters. The average Bonchev–Trinajstić information content (AvgIpc) is 2.93. The number of hydrogen-bond acceptors (Lipinski definition) is 5. The highest BCUT2D eigenvalue weighted by molar-refractivity contribution is 8.02. The lowest BCUT2D eigenvalue weighted by Gasteiger charge is -2.34. The summed E-state index contributed by atoms with van der Waals surface area (Å²) in [6, 6.07) is 10.4. The first kappa shape index (κ1) is 17.8. The zero-order valence-electron chi connectivity index (χ0n) is 13.8. The van der Waals surface area contributed by atoms with Crippen molar-refractivity contribution < 1.29 is 13.2 Å². The maximum absolute atomic E-state index is 12.3. The van der Waals surface area contributed by atoms with Crippen LogP contribution in [0, 0.1) is 0 Å². The van der Waals surface area contributed by atoms with E-state index in [1.165, 1.54) is 17.3 Å². The minimum Gasteiger partial charge on any atom is -0.339 e. The van der Waals surface area contributed by atoms with Gasteiger partial charge in [-0.3, -0.25) is 9.69 Å². The summed E-state index contributed by atoms with van der Waals surface area (Å²) in [6.07, 6.45) is 0.686. The molecule has 1 aromatic carbocycles. The van der Waals surface area contributed by atoms with Crippen molar-refractivity contribution >= 4 is 27.5 Å². The Balaban J connectivity index is 1.39. The Morgan fingerprint density at radius 1 is 1.12 bits per heavy atom. The molecular weight excluding hydrogens is 344 g/mol. The third-order valence-electron chi connectivity index (χ3n) is 4.61. The predicted octanol–water partition coefficient (Wildman–Crippen LogP) is 1.25. The molecule has 2 fully saturated rings. The number of sulfone groups is 1. The van der Waals surface area contributed by atoms with Gasteiger partial charge in [0.1, 0.15) is 0 Å². The van der Waals surface area contributed by atoms with E-state index < -0.39 is 9.84 Å². The first-order valence-electron chi connectivity index (χ1n) is 8.38. The van der Waals surface area contributed by atoms with E-state index in [9.17, 15) is 13.2 Å². The Hall–Kier alpha value is -1.05. The van der Waals surface area contributed by atoms with Gasteiger partial charge in [0, 0.05) is 38.0 Å². The normalized spacial score (nSPS) is 24.2. The van der Waals surface area contributed by atoms with Crippen LogP contribution < -0.4 is 0 Å². The molecule has 0 bridgehead atoms. The fourth-order valence-corrected chi connectivity index (χ4v) is 6.71. The largest absolute Gasteiger partial charge is 0.339 e. The molecule has 5 nitrogen and oxygen atoms in total. The molecule has 0 aromatic heterocycles. The van der Waals surface area contributed by atoms with Crippen molar-refractivity contribution in [1.29, 1.82) is 0 Å². The van der Waals surface area contributed by atoms with E-state index >= 15 is 0 Å². The molecule has 2 saturated heterocycles. The molecule has 1 aromatic rings. The van der Waals surface area contributed by atoms with Gasteiger partial charge in [-0.25, -0.2) is 8.42 Å². The molecule has 1 unspecified atom stereocenters. The Morgan fingerprint density at radius 3 is 2.46 bits per heavy atom. The van der Waals surface area contributed by atoms with Gasteiger partial charge in [-0.2, -0.15) is 0 Å². The van der Waals surface area contributed by atoms with Gasteiger partial charge in [-0.05, 0) is 12.0 Å². The van der Waals surface area contributed by atoms with Gasteiger partial charge >= 0.3 is 0 Å². The lowest BCUT2D eigenvalue weighted by atomic mass is 10.2. The van der Waals surface area contributed by atoms with Gasteiger partial charge in [0.05, 0.1) is 17.3 Å². The SMILES string of the molecule is O=C(CSC1CCS(=O)(=O)C1)N1CCN(Cc2ccccc2)CC1. The second kappa shape index (κ2) is 7.89. The number of rotatable bonds is 5. The molecule has 7 heteroatoms. The van der Waals surface area contributed by atoms with Crippen molar-refractivity contribution in [2.24, 2.45) is 0 Å². The highest BCUT2D eigenvalue weighted by Crippen LogP contribution is 2.24. The van der Waals surface area contributed by atoms with Crippen molar-refractivity contribution in [2.75, 3.05) is 43.4 Å². The Morgan fingerprint density at radius 2 is 1.83 bits per heavy atom. The molecule has 0 saturated carbocycles. The monoisotopic (exact) mass is 368 g/mol. The summed E-state index contributed by atoms with van der Waals surface area (Å²) in [4.78, 5) is 16.6. The van der Waals surface area contributed by atoms with Crippen LogP contribution in [0.15, 0.2) is 30.3 Å². The third kappa shape index (κ3) is 4.97. The quantitative estimate of drug-likeness (QED) is 0.783. The first-order valence-corrected chi connectivity index (χ1v) is 11.2. The Bertz CT molecular complexity index is 656.